The first kappa shape index (κ1) is 13.2. The molecule has 0 saturated carbocycles. The number of nitrogens with zero attached hydrogens (tertiary/aromatic N) is 2. The van der Waals surface area contributed by atoms with Gasteiger partial charge >= 0.3 is 0 Å². The molecule has 3 nitrogen and oxygen atoms in total. The maximum atomic E-state index is 13.5. The van der Waals surface area contributed by atoms with Gasteiger partial charge < -0.3 is 5.11 Å². The number of aliphatic hydroxyl groups excluding tert-OH is 1. The molecule has 0 aliphatic carbocycles. The Morgan fingerprint density at radius 2 is 2.00 bits per heavy atom. The molecule has 96 valence electrons. The van der Waals surface area contributed by atoms with E-state index in [-0.39, 0.29) is 12.0 Å². The molecule has 0 fully saturated rings. The lowest BCUT2D eigenvalue weighted by molar-refractivity contribution is 0.165. The van der Waals surface area contributed by atoms with Gasteiger partial charge in [0.05, 0.1) is 16.4 Å². The quantitative estimate of drug-likeness (QED) is 0.945. The third-order valence-corrected chi connectivity index (χ3v) is 3.32. The molecule has 0 aliphatic heterocycles. The van der Waals surface area contributed by atoms with E-state index in [1.807, 2.05) is 0 Å². The SMILES string of the molecule is Cn1ncc(Br)c1C(O)Cc1c(F)cccc1F. The predicted octanol–water partition coefficient (Wildman–Crippen LogP) is 2.74. The molecule has 0 saturated heterocycles. The highest BCUT2D eigenvalue weighted by Gasteiger charge is 2.20. The molecule has 6 heteroatoms. The van der Waals surface area contributed by atoms with E-state index in [0.717, 1.165) is 0 Å². The minimum atomic E-state index is -1.03. The second-order valence-corrected chi connectivity index (χ2v) is 4.78. The number of aromatic nitrogens is 2. The fourth-order valence-electron chi connectivity index (χ4n) is 1.81. The van der Waals surface area contributed by atoms with Crippen molar-refractivity contribution in [2.45, 2.75) is 12.5 Å². The van der Waals surface area contributed by atoms with Crippen molar-refractivity contribution in [1.82, 2.24) is 9.78 Å². The maximum Gasteiger partial charge on any atom is 0.129 e. The topological polar surface area (TPSA) is 38.0 Å². The Bertz CT molecular complexity index is 531. The zero-order valence-corrected chi connectivity index (χ0v) is 11.2. The van der Waals surface area contributed by atoms with Crippen molar-refractivity contribution in [3.05, 3.63) is 51.8 Å². The number of aliphatic hydroxyl groups is 1. The molecule has 1 aromatic heterocycles. The average molecular weight is 317 g/mol. The van der Waals surface area contributed by atoms with Crippen LogP contribution in [0.5, 0.6) is 0 Å². The molecule has 18 heavy (non-hydrogen) atoms. The van der Waals surface area contributed by atoms with Crippen molar-refractivity contribution in [3.8, 4) is 0 Å². The first-order valence-corrected chi connectivity index (χ1v) is 6.08. The molecule has 0 radical (unpaired) electrons. The second kappa shape index (κ2) is 5.16. The zero-order chi connectivity index (χ0) is 13.3. The standard InChI is InChI=1S/C12H11BrF2N2O/c1-17-12(8(13)6-16-17)11(18)5-7-9(14)3-2-4-10(7)15/h2-4,6,11,18H,5H2,1H3. The van der Waals surface area contributed by atoms with Crippen molar-refractivity contribution < 1.29 is 13.9 Å². The summed E-state index contributed by atoms with van der Waals surface area (Å²) >= 11 is 3.24. The van der Waals surface area contributed by atoms with E-state index in [2.05, 4.69) is 21.0 Å². The van der Waals surface area contributed by atoms with E-state index in [4.69, 9.17) is 0 Å². The molecule has 0 spiro atoms. The van der Waals surface area contributed by atoms with E-state index in [9.17, 15) is 13.9 Å². The van der Waals surface area contributed by atoms with Crippen molar-refractivity contribution in [2.75, 3.05) is 0 Å². The molecule has 0 amide bonds. The molecule has 1 aromatic carbocycles. The van der Waals surface area contributed by atoms with Crippen molar-refractivity contribution in [3.63, 3.8) is 0 Å². The first-order valence-electron chi connectivity index (χ1n) is 5.29. The Morgan fingerprint density at radius 3 is 2.50 bits per heavy atom. The van der Waals surface area contributed by atoms with Crippen molar-refractivity contribution >= 4 is 15.9 Å². The monoisotopic (exact) mass is 316 g/mol. The molecular formula is C12H11BrF2N2O. The lowest BCUT2D eigenvalue weighted by Crippen LogP contribution is -2.10. The Morgan fingerprint density at radius 1 is 1.39 bits per heavy atom. The number of aryl methyl sites for hydroxylation is 1. The van der Waals surface area contributed by atoms with Crippen LogP contribution in [0.25, 0.3) is 0 Å². The van der Waals surface area contributed by atoms with Gasteiger partial charge in [0, 0.05) is 19.0 Å². The predicted molar refractivity (Wildman–Crippen MR) is 65.9 cm³/mol. The fraction of sp³-hybridized carbons (Fsp3) is 0.250. The summed E-state index contributed by atoms with van der Waals surface area (Å²) in [5, 5.41) is 14.0. The van der Waals surface area contributed by atoms with Gasteiger partial charge in [0.2, 0.25) is 0 Å². The van der Waals surface area contributed by atoms with Gasteiger partial charge in [0.25, 0.3) is 0 Å². The minimum absolute atomic E-state index is 0.127. The Hall–Kier alpha value is -1.27. The number of benzene rings is 1. The van der Waals surface area contributed by atoms with E-state index in [1.165, 1.54) is 29.1 Å². The largest absolute Gasteiger partial charge is 0.386 e. The molecule has 0 aliphatic rings. The molecule has 2 aromatic rings. The van der Waals surface area contributed by atoms with E-state index < -0.39 is 17.7 Å². The number of hydrogen-bond acceptors (Lipinski definition) is 2. The minimum Gasteiger partial charge on any atom is -0.386 e. The normalized spacial score (nSPS) is 12.7. The summed E-state index contributed by atoms with van der Waals surface area (Å²) < 4.78 is 29.0. The second-order valence-electron chi connectivity index (χ2n) is 3.92. The van der Waals surface area contributed by atoms with Gasteiger partial charge in [-0.1, -0.05) is 6.07 Å². The molecular weight excluding hydrogens is 306 g/mol. The zero-order valence-electron chi connectivity index (χ0n) is 9.57. The number of hydrogen-bond donors (Lipinski definition) is 1. The summed E-state index contributed by atoms with van der Waals surface area (Å²) in [4.78, 5) is 0. The van der Waals surface area contributed by atoms with Gasteiger partial charge in [0.1, 0.15) is 17.7 Å². The third-order valence-electron chi connectivity index (χ3n) is 2.71. The highest BCUT2D eigenvalue weighted by Crippen LogP contribution is 2.27. The van der Waals surface area contributed by atoms with Crippen LogP contribution in [-0.2, 0) is 13.5 Å². The van der Waals surface area contributed by atoms with Gasteiger partial charge in [-0.05, 0) is 28.1 Å². The van der Waals surface area contributed by atoms with Crippen LogP contribution < -0.4 is 0 Å². The van der Waals surface area contributed by atoms with Crippen LogP contribution in [0.1, 0.15) is 17.4 Å². The summed E-state index contributed by atoms with van der Waals surface area (Å²) in [6.07, 6.45) is 0.352. The van der Waals surface area contributed by atoms with Crippen LogP contribution >= 0.6 is 15.9 Å². The van der Waals surface area contributed by atoms with Crippen LogP contribution in [-0.4, -0.2) is 14.9 Å². The lowest BCUT2D eigenvalue weighted by atomic mass is 10.0. The summed E-state index contributed by atoms with van der Waals surface area (Å²) in [5.41, 5.74) is 0.357. The summed E-state index contributed by atoms with van der Waals surface area (Å²) in [6.45, 7) is 0. The van der Waals surface area contributed by atoms with Crippen LogP contribution in [0.3, 0.4) is 0 Å². The highest BCUT2D eigenvalue weighted by atomic mass is 79.9. The van der Waals surface area contributed by atoms with E-state index in [0.29, 0.717) is 10.2 Å². The van der Waals surface area contributed by atoms with Crippen molar-refractivity contribution in [1.29, 1.82) is 0 Å². The lowest BCUT2D eigenvalue weighted by Gasteiger charge is -2.13. The van der Waals surface area contributed by atoms with Gasteiger partial charge in [-0.15, -0.1) is 0 Å². The van der Waals surface area contributed by atoms with Gasteiger partial charge in [0.15, 0.2) is 0 Å². The smallest absolute Gasteiger partial charge is 0.129 e. The van der Waals surface area contributed by atoms with Crippen LogP contribution in [0, 0.1) is 11.6 Å². The summed E-state index contributed by atoms with van der Waals surface area (Å²) in [5.74, 6) is -1.32. The molecule has 1 heterocycles. The average Bonchev–Trinajstić information content (AvgIpc) is 2.64. The van der Waals surface area contributed by atoms with E-state index in [1.54, 1.807) is 7.05 Å². The first-order chi connectivity index (χ1) is 8.50. The Labute approximate surface area is 111 Å². The van der Waals surface area contributed by atoms with Gasteiger partial charge in [-0.3, -0.25) is 4.68 Å². The molecule has 0 bridgehead atoms. The molecule has 1 unspecified atom stereocenters. The third kappa shape index (κ3) is 2.44. The van der Waals surface area contributed by atoms with Crippen LogP contribution in [0.2, 0.25) is 0 Å². The summed E-state index contributed by atoms with van der Waals surface area (Å²) in [6, 6.07) is 3.63. The van der Waals surface area contributed by atoms with Crippen molar-refractivity contribution in [2.24, 2.45) is 7.05 Å². The van der Waals surface area contributed by atoms with Gasteiger partial charge in [-0.2, -0.15) is 5.10 Å². The molecule has 2 rings (SSSR count). The molecule has 1 N–H and O–H groups in total. The number of halogens is 3. The summed E-state index contributed by atoms with van der Waals surface area (Å²) in [7, 11) is 1.65. The number of rotatable bonds is 3. The van der Waals surface area contributed by atoms with Crippen LogP contribution in [0.15, 0.2) is 28.9 Å². The Kier molecular flexibility index (Phi) is 3.77. The van der Waals surface area contributed by atoms with Gasteiger partial charge in [-0.25, -0.2) is 8.78 Å². The highest BCUT2D eigenvalue weighted by molar-refractivity contribution is 9.10. The van der Waals surface area contributed by atoms with Crippen LogP contribution in [0.4, 0.5) is 8.78 Å². The fourth-order valence-corrected chi connectivity index (χ4v) is 2.42. The molecule has 1 atom stereocenters. The Balaban J connectivity index is 2.30. The van der Waals surface area contributed by atoms with E-state index >= 15 is 0 Å². The maximum absolute atomic E-state index is 13.5.